The van der Waals surface area contributed by atoms with Crippen molar-refractivity contribution >= 4 is 5.97 Å². The Morgan fingerprint density at radius 3 is 2.57 bits per heavy atom. The van der Waals surface area contributed by atoms with Gasteiger partial charge in [0.1, 0.15) is 23.6 Å². The molecule has 0 bridgehead atoms. The van der Waals surface area contributed by atoms with Crippen molar-refractivity contribution in [2.45, 2.75) is 57.2 Å². The quantitative estimate of drug-likeness (QED) is 0.428. The normalized spacial score (nSPS) is 19.6. The third-order valence-electron chi connectivity index (χ3n) is 7.34. The Kier molecular flexibility index (Phi) is 7.42. The van der Waals surface area contributed by atoms with Crippen molar-refractivity contribution in [3.63, 3.8) is 0 Å². The van der Waals surface area contributed by atoms with Gasteiger partial charge in [0.25, 0.3) is 0 Å². The van der Waals surface area contributed by atoms with E-state index in [2.05, 4.69) is 29.6 Å². The summed E-state index contributed by atoms with van der Waals surface area (Å²) in [6, 6.07) is 15.9. The minimum absolute atomic E-state index is 0.246. The molecule has 0 radical (unpaired) electrons. The van der Waals surface area contributed by atoms with Gasteiger partial charge in [0.15, 0.2) is 11.6 Å². The summed E-state index contributed by atoms with van der Waals surface area (Å²) in [6.07, 6.45) is 2.60. The van der Waals surface area contributed by atoms with Crippen molar-refractivity contribution in [2.24, 2.45) is 0 Å². The number of benzene rings is 3. The second-order valence-electron chi connectivity index (χ2n) is 9.68. The number of nitrogens with one attached hydrogen (secondary N) is 1. The molecule has 0 unspecified atom stereocenters. The van der Waals surface area contributed by atoms with Gasteiger partial charge in [0, 0.05) is 6.54 Å². The lowest BCUT2D eigenvalue weighted by atomic mass is 9.87. The summed E-state index contributed by atoms with van der Waals surface area (Å²) in [5, 5.41) is 3.27. The third kappa shape index (κ3) is 5.47. The molecule has 3 aromatic rings. The molecule has 0 spiro atoms. The molecule has 0 fully saturated rings. The number of fused-ring (bicyclic) bond motifs is 2. The van der Waals surface area contributed by atoms with Crippen molar-refractivity contribution in [1.29, 1.82) is 0 Å². The van der Waals surface area contributed by atoms with E-state index in [0.717, 1.165) is 30.2 Å². The number of hydrogen-bond donors (Lipinski definition) is 1. The number of hydrogen-bond acceptors (Lipinski definition) is 5. The minimum Gasteiger partial charge on any atom is -0.493 e. The molecule has 0 saturated carbocycles. The highest BCUT2D eigenvalue weighted by Crippen LogP contribution is 2.36. The molecule has 3 atom stereocenters. The van der Waals surface area contributed by atoms with E-state index in [1.807, 2.05) is 19.1 Å². The lowest BCUT2D eigenvalue weighted by Gasteiger charge is -2.25. The molecule has 5 nitrogen and oxygen atoms in total. The SMILES string of the molecule is CC[C@@H](Oc1ccc([C@@H]2CCOc3cc4c(cc3C2)CN[C@H](C(=O)OC)C4)cc1)c1ccc(F)c(F)c1. The summed E-state index contributed by atoms with van der Waals surface area (Å²) >= 11 is 0. The summed E-state index contributed by atoms with van der Waals surface area (Å²) in [6.45, 7) is 3.18. The van der Waals surface area contributed by atoms with Crippen molar-refractivity contribution in [3.8, 4) is 11.5 Å². The maximum absolute atomic E-state index is 13.7. The van der Waals surface area contributed by atoms with Gasteiger partial charge in [-0.05, 0) is 89.8 Å². The van der Waals surface area contributed by atoms with Gasteiger partial charge in [-0.3, -0.25) is 4.79 Å². The van der Waals surface area contributed by atoms with Crippen LogP contribution in [0.25, 0.3) is 0 Å². The van der Waals surface area contributed by atoms with Crippen LogP contribution in [0.15, 0.2) is 54.6 Å². The van der Waals surface area contributed by atoms with Crippen molar-refractivity contribution in [1.82, 2.24) is 5.32 Å². The Hall–Kier alpha value is -3.45. The Labute approximate surface area is 215 Å². The molecular weight excluding hydrogens is 476 g/mol. The topological polar surface area (TPSA) is 56.8 Å². The Morgan fingerprint density at radius 1 is 1.03 bits per heavy atom. The summed E-state index contributed by atoms with van der Waals surface area (Å²) in [4.78, 5) is 12.0. The maximum atomic E-state index is 13.7. The second kappa shape index (κ2) is 10.9. The molecule has 0 saturated heterocycles. The standard InChI is InChI=1S/C30H31F2NO4/c1-3-28(20-6-9-25(31)26(32)14-20)37-24-7-4-18(5-8-24)19-10-11-36-29-16-21-15-27(30(34)35-2)33-17-23(21)13-22(29)12-19/h4-9,13-14,16,19,27-28,33H,3,10-12,15,17H2,1-2H3/t19-,27+,28-/m1/s1. The van der Waals surface area contributed by atoms with Gasteiger partial charge in [-0.1, -0.05) is 31.2 Å². The van der Waals surface area contributed by atoms with Crippen LogP contribution < -0.4 is 14.8 Å². The van der Waals surface area contributed by atoms with Crippen LogP contribution in [0.4, 0.5) is 8.78 Å². The summed E-state index contributed by atoms with van der Waals surface area (Å²) in [5.74, 6) is -0.106. The predicted octanol–water partition coefficient (Wildman–Crippen LogP) is 5.79. The number of carbonyl (C=O) groups excluding carboxylic acids is 1. The van der Waals surface area contributed by atoms with Gasteiger partial charge in [0.05, 0.1) is 13.7 Å². The largest absolute Gasteiger partial charge is 0.493 e. The van der Waals surface area contributed by atoms with Gasteiger partial charge < -0.3 is 19.5 Å². The van der Waals surface area contributed by atoms with E-state index in [0.29, 0.717) is 43.2 Å². The highest BCUT2D eigenvalue weighted by Gasteiger charge is 2.28. The number of esters is 1. The molecule has 0 aromatic heterocycles. The van der Waals surface area contributed by atoms with Crippen LogP contribution in [0.5, 0.6) is 11.5 Å². The van der Waals surface area contributed by atoms with Crippen LogP contribution in [0, 0.1) is 11.6 Å². The van der Waals surface area contributed by atoms with E-state index in [-0.39, 0.29) is 18.1 Å². The lowest BCUT2D eigenvalue weighted by molar-refractivity contribution is -0.143. The van der Waals surface area contributed by atoms with Crippen molar-refractivity contribution in [3.05, 3.63) is 94.0 Å². The fraction of sp³-hybridized carbons (Fsp3) is 0.367. The first-order valence-electron chi connectivity index (χ1n) is 12.8. The van der Waals surface area contributed by atoms with E-state index in [4.69, 9.17) is 14.2 Å². The molecule has 3 aromatic carbocycles. The first-order chi connectivity index (χ1) is 17.9. The first-order valence-corrected chi connectivity index (χ1v) is 12.8. The van der Waals surface area contributed by atoms with E-state index in [1.165, 1.54) is 29.9 Å². The highest BCUT2D eigenvalue weighted by molar-refractivity contribution is 5.76. The summed E-state index contributed by atoms with van der Waals surface area (Å²) < 4.78 is 44.2. The van der Waals surface area contributed by atoms with Crippen LogP contribution in [-0.2, 0) is 28.9 Å². The Morgan fingerprint density at radius 2 is 1.84 bits per heavy atom. The monoisotopic (exact) mass is 507 g/mol. The van der Waals surface area contributed by atoms with E-state index in [9.17, 15) is 13.6 Å². The van der Waals surface area contributed by atoms with Gasteiger partial charge in [0.2, 0.25) is 0 Å². The molecule has 5 rings (SSSR count). The average molecular weight is 508 g/mol. The van der Waals surface area contributed by atoms with Crippen molar-refractivity contribution < 1.29 is 27.8 Å². The second-order valence-corrected chi connectivity index (χ2v) is 9.68. The first kappa shape index (κ1) is 25.2. The van der Waals surface area contributed by atoms with Crippen LogP contribution in [0.2, 0.25) is 0 Å². The third-order valence-corrected chi connectivity index (χ3v) is 7.34. The average Bonchev–Trinajstić information content (AvgIpc) is 3.13. The molecule has 37 heavy (non-hydrogen) atoms. The zero-order valence-corrected chi connectivity index (χ0v) is 21.1. The lowest BCUT2D eigenvalue weighted by Crippen LogP contribution is -2.42. The predicted molar refractivity (Wildman–Crippen MR) is 136 cm³/mol. The summed E-state index contributed by atoms with van der Waals surface area (Å²) in [7, 11) is 1.41. The van der Waals surface area contributed by atoms with Crippen LogP contribution in [-0.4, -0.2) is 25.7 Å². The number of rotatable bonds is 6. The van der Waals surface area contributed by atoms with Gasteiger partial charge in [-0.25, -0.2) is 8.78 Å². The smallest absolute Gasteiger partial charge is 0.323 e. The zero-order chi connectivity index (χ0) is 25.9. The van der Waals surface area contributed by atoms with Crippen LogP contribution in [0.1, 0.15) is 59.6 Å². The Bertz CT molecular complexity index is 1280. The van der Waals surface area contributed by atoms with E-state index in [1.54, 1.807) is 6.07 Å². The van der Waals surface area contributed by atoms with Gasteiger partial charge in [-0.15, -0.1) is 0 Å². The molecule has 2 aliphatic heterocycles. The number of halogens is 2. The molecule has 2 aliphatic rings. The van der Waals surface area contributed by atoms with Crippen molar-refractivity contribution in [2.75, 3.05) is 13.7 Å². The fourth-order valence-corrected chi connectivity index (χ4v) is 5.25. The molecule has 194 valence electrons. The molecule has 7 heteroatoms. The minimum atomic E-state index is -0.869. The van der Waals surface area contributed by atoms with Gasteiger partial charge in [-0.2, -0.15) is 0 Å². The van der Waals surface area contributed by atoms with E-state index >= 15 is 0 Å². The molecular formula is C30H31F2NO4. The molecule has 2 heterocycles. The fourth-order valence-electron chi connectivity index (χ4n) is 5.25. The molecule has 1 N–H and O–H groups in total. The van der Waals surface area contributed by atoms with Gasteiger partial charge >= 0.3 is 5.97 Å². The Balaban J connectivity index is 1.29. The number of carbonyl (C=O) groups is 1. The summed E-state index contributed by atoms with van der Waals surface area (Å²) in [5.41, 5.74) is 5.29. The number of methoxy groups -OCH3 is 1. The zero-order valence-electron chi connectivity index (χ0n) is 21.1. The highest BCUT2D eigenvalue weighted by atomic mass is 19.2. The van der Waals surface area contributed by atoms with Crippen LogP contribution in [0.3, 0.4) is 0 Å². The van der Waals surface area contributed by atoms with Crippen LogP contribution >= 0.6 is 0 Å². The molecule has 0 amide bonds. The molecule has 0 aliphatic carbocycles. The van der Waals surface area contributed by atoms with E-state index < -0.39 is 11.6 Å². The number of ether oxygens (including phenoxy) is 3. The maximum Gasteiger partial charge on any atom is 0.323 e.